The maximum Gasteiger partial charge on any atom is 0.155 e. The molecule has 4 unspecified atom stereocenters. The second-order valence-electron chi connectivity index (χ2n) is 5.65. The summed E-state index contributed by atoms with van der Waals surface area (Å²) in [4.78, 5) is 0. The highest BCUT2D eigenvalue weighted by Gasteiger charge is 2.42. The van der Waals surface area contributed by atoms with Crippen LogP contribution >= 0.6 is 0 Å². The topological polar surface area (TPSA) is 18.5 Å². The fraction of sp³-hybridized carbons (Fsp3) is 1.00. The van der Waals surface area contributed by atoms with Gasteiger partial charge in [-0.05, 0) is 38.5 Å². The summed E-state index contributed by atoms with van der Waals surface area (Å²) in [5.74, 6) is 0.606. The molecule has 0 spiro atoms. The van der Waals surface area contributed by atoms with E-state index in [0.29, 0.717) is 23.5 Å². The number of ether oxygens (including phenoxy) is 2. The highest BCUT2D eigenvalue weighted by Crippen LogP contribution is 2.44. The molecule has 2 fully saturated rings. The van der Waals surface area contributed by atoms with E-state index in [1.165, 1.54) is 19.3 Å². The smallest absolute Gasteiger partial charge is 0.155 e. The molecule has 0 aromatic rings. The zero-order valence-corrected chi connectivity index (χ0v) is 9.75. The monoisotopic (exact) mass is 198 g/mol. The Balaban J connectivity index is 2.06. The van der Waals surface area contributed by atoms with Crippen molar-refractivity contribution in [2.24, 2.45) is 11.3 Å². The van der Waals surface area contributed by atoms with E-state index in [1.54, 1.807) is 0 Å². The molecule has 2 rings (SSSR count). The van der Waals surface area contributed by atoms with Crippen LogP contribution in [0.25, 0.3) is 0 Å². The van der Waals surface area contributed by atoms with Gasteiger partial charge in [0.25, 0.3) is 0 Å². The third-order valence-electron chi connectivity index (χ3n) is 3.75. The Morgan fingerprint density at radius 2 is 1.86 bits per heavy atom. The van der Waals surface area contributed by atoms with Crippen LogP contribution in [-0.4, -0.2) is 18.5 Å². The Bertz CT molecular complexity index is 212. The number of hydrogen-bond acceptors (Lipinski definition) is 2. The molecule has 0 radical (unpaired) electrons. The van der Waals surface area contributed by atoms with Crippen molar-refractivity contribution in [2.75, 3.05) is 0 Å². The fourth-order valence-corrected chi connectivity index (χ4v) is 2.94. The van der Waals surface area contributed by atoms with E-state index in [0.717, 1.165) is 0 Å². The van der Waals surface area contributed by atoms with Gasteiger partial charge in [0.15, 0.2) is 6.29 Å². The highest BCUT2D eigenvalue weighted by atomic mass is 16.7. The summed E-state index contributed by atoms with van der Waals surface area (Å²) < 4.78 is 11.6. The van der Waals surface area contributed by atoms with Crippen molar-refractivity contribution in [3.8, 4) is 0 Å². The van der Waals surface area contributed by atoms with Crippen LogP contribution in [0.15, 0.2) is 0 Å². The van der Waals surface area contributed by atoms with Gasteiger partial charge in [-0.3, -0.25) is 0 Å². The van der Waals surface area contributed by atoms with Gasteiger partial charge in [0.2, 0.25) is 0 Å². The zero-order valence-electron chi connectivity index (χ0n) is 9.75. The van der Waals surface area contributed by atoms with Gasteiger partial charge in [-0.25, -0.2) is 0 Å². The van der Waals surface area contributed by atoms with Crippen molar-refractivity contribution in [2.45, 2.75) is 65.5 Å². The predicted octanol–water partition coefficient (Wildman–Crippen LogP) is 2.96. The van der Waals surface area contributed by atoms with Crippen LogP contribution in [0.1, 0.15) is 47.0 Å². The summed E-state index contributed by atoms with van der Waals surface area (Å²) >= 11 is 0. The molecule has 0 aromatic carbocycles. The van der Waals surface area contributed by atoms with Gasteiger partial charge in [-0.15, -0.1) is 0 Å². The van der Waals surface area contributed by atoms with E-state index < -0.39 is 0 Å². The molecule has 2 aliphatic rings. The third kappa shape index (κ3) is 1.96. The van der Waals surface area contributed by atoms with E-state index in [9.17, 15) is 0 Å². The fourth-order valence-electron chi connectivity index (χ4n) is 2.94. The molecule has 0 aromatic heterocycles. The summed E-state index contributed by atoms with van der Waals surface area (Å²) in [5.41, 5.74) is 0.475. The summed E-state index contributed by atoms with van der Waals surface area (Å²) in [7, 11) is 0. The van der Waals surface area contributed by atoms with Crippen molar-refractivity contribution in [3.63, 3.8) is 0 Å². The first-order chi connectivity index (χ1) is 6.48. The van der Waals surface area contributed by atoms with Crippen LogP contribution in [-0.2, 0) is 9.47 Å². The molecule has 1 aliphatic carbocycles. The molecule has 82 valence electrons. The van der Waals surface area contributed by atoms with Crippen LogP contribution in [0.4, 0.5) is 0 Å². The molecule has 2 nitrogen and oxygen atoms in total. The van der Waals surface area contributed by atoms with Gasteiger partial charge in [-0.1, -0.05) is 13.8 Å². The molecule has 0 amide bonds. The first-order valence-corrected chi connectivity index (χ1v) is 5.79. The maximum absolute atomic E-state index is 5.83. The van der Waals surface area contributed by atoms with Crippen molar-refractivity contribution in [3.05, 3.63) is 0 Å². The second kappa shape index (κ2) is 3.49. The van der Waals surface area contributed by atoms with E-state index in [2.05, 4.69) is 20.8 Å². The Morgan fingerprint density at radius 3 is 2.57 bits per heavy atom. The molecular weight excluding hydrogens is 176 g/mol. The van der Waals surface area contributed by atoms with Crippen molar-refractivity contribution in [1.29, 1.82) is 0 Å². The van der Waals surface area contributed by atoms with Crippen LogP contribution in [0.5, 0.6) is 0 Å². The minimum absolute atomic E-state index is 0.00698. The van der Waals surface area contributed by atoms with Gasteiger partial charge >= 0.3 is 0 Å². The average Bonchev–Trinajstić information content (AvgIpc) is 2.06. The summed E-state index contributed by atoms with van der Waals surface area (Å²) in [5, 5.41) is 0. The highest BCUT2D eigenvalue weighted by molar-refractivity contribution is 4.90. The van der Waals surface area contributed by atoms with Gasteiger partial charge in [0.05, 0.1) is 12.2 Å². The van der Waals surface area contributed by atoms with E-state index in [1.807, 2.05) is 6.92 Å². The first-order valence-electron chi connectivity index (χ1n) is 5.79. The molecule has 0 bridgehead atoms. The van der Waals surface area contributed by atoms with Crippen LogP contribution in [0.3, 0.4) is 0 Å². The minimum Gasteiger partial charge on any atom is -0.350 e. The molecule has 1 aliphatic heterocycles. The molecule has 1 saturated heterocycles. The van der Waals surface area contributed by atoms with Crippen molar-refractivity contribution in [1.82, 2.24) is 0 Å². The largest absolute Gasteiger partial charge is 0.350 e. The summed E-state index contributed by atoms with van der Waals surface area (Å²) in [6.45, 7) is 8.91. The minimum atomic E-state index is -0.00698. The molecule has 1 saturated carbocycles. The first kappa shape index (κ1) is 10.4. The number of hydrogen-bond donors (Lipinski definition) is 0. The van der Waals surface area contributed by atoms with Gasteiger partial charge in [0, 0.05) is 5.92 Å². The van der Waals surface area contributed by atoms with Crippen molar-refractivity contribution >= 4 is 0 Å². The van der Waals surface area contributed by atoms with Gasteiger partial charge < -0.3 is 9.47 Å². The lowest BCUT2D eigenvalue weighted by Crippen LogP contribution is -2.48. The van der Waals surface area contributed by atoms with Gasteiger partial charge in [0.1, 0.15) is 0 Å². The SMILES string of the molecule is CC1OC(C)C2CC(C)(C)CCC2O1. The summed E-state index contributed by atoms with van der Waals surface area (Å²) in [6, 6.07) is 0. The quantitative estimate of drug-likeness (QED) is 0.596. The standard InChI is InChI=1S/C12H22O2/c1-8-10-7-12(3,4)6-5-11(10)14-9(2)13-8/h8-11H,5-7H2,1-4H3. The molecule has 0 N–H and O–H groups in total. The Kier molecular flexibility index (Phi) is 2.61. The summed E-state index contributed by atoms with van der Waals surface area (Å²) in [6.07, 6.45) is 4.53. The zero-order chi connectivity index (χ0) is 10.3. The maximum atomic E-state index is 5.83. The molecule has 14 heavy (non-hydrogen) atoms. The van der Waals surface area contributed by atoms with E-state index in [4.69, 9.17) is 9.47 Å². The van der Waals surface area contributed by atoms with E-state index >= 15 is 0 Å². The normalized spacial score (nSPS) is 47.1. The molecule has 2 heteroatoms. The molecule has 1 heterocycles. The molecular formula is C12H22O2. The van der Waals surface area contributed by atoms with Crippen LogP contribution in [0, 0.1) is 11.3 Å². The van der Waals surface area contributed by atoms with Crippen LogP contribution < -0.4 is 0 Å². The second-order valence-corrected chi connectivity index (χ2v) is 5.65. The lowest BCUT2D eigenvalue weighted by molar-refractivity contribution is -0.270. The lowest BCUT2D eigenvalue weighted by Gasteiger charge is -2.47. The van der Waals surface area contributed by atoms with E-state index in [-0.39, 0.29) is 6.29 Å². The lowest BCUT2D eigenvalue weighted by atomic mass is 9.69. The Labute approximate surface area is 87.0 Å². The molecule has 4 atom stereocenters. The van der Waals surface area contributed by atoms with Crippen molar-refractivity contribution < 1.29 is 9.47 Å². The van der Waals surface area contributed by atoms with Gasteiger partial charge in [-0.2, -0.15) is 0 Å². The Hall–Kier alpha value is -0.0800. The number of rotatable bonds is 0. The van der Waals surface area contributed by atoms with Crippen LogP contribution in [0.2, 0.25) is 0 Å². The number of fused-ring (bicyclic) bond motifs is 1. The predicted molar refractivity (Wildman–Crippen MR) is 56.0 cm³/mol. The average molecular weight is 198 g/mol. The third-order valence-corrected chi connectivity index (χ3v) is 3.75. The Morgan fingerprint density at radius 1 is 1.14 bits per heavy atom.